The van der Waals surface area contributed by atoms with Gasteiger partial charge in [0.05, 0.1) is 18.2 Å². The Morgan fingerprint density at radius 1 is 1.00 bits per heavy atom. The summed E-state index contributed by atoms with van der Waals surface area (Å²) < 4.78 is 20.9. The van der Waals surface area contributed by atoms with E-state index in [-0.39, 0.29) is 17.5 Å². The zero-order chi connectivity index (χ0) is 22.1. The molecule has 32 heavy (non-hydrogen) atoms. The fraction of sp³-hybridized carbons (Fsp3) is 0.208. The minimum atomic E-state index is -0.389. The predicted octanol–water partition coefficient (Wildman–Crippen LogP) is 3.53. The van der Waals surface area contributed by atoms with Gasteiger partial charge in [0, 0.05) is 61.9 Å². The van der Waals surface area contributed by atoms with E-state index >= 15 is 0 Å². The van der Waals surface area contributed by atoms with Crippen molar-refractivity contribution in [3.8, 4) is 11.7 Å². The molecule has 1 saturated heterocycles. The molecular weight excluding hydrogens is 409 g/mol. The van der Waals surface area contributed by atoms with E-state index in [2.05, 4.69) is 14.9 Å². The third kappa shape index (κ3) is 3.53. The van der Waals surface area contributed by atoms with E-state index in [9.17, 15) is 9.18 Å². The quantitative estimate of drug-likeness (QED) is 0.495. The average molecular weight is 431 g/mol. The molecule has 0 atom stereocenters. The molecule has 0 saturated carbocycles. The number of rotatable bonds is 4. The second-order valence-corrected chi connectivity index (χ2v) is 7.58. The van der Waals surface area contributed by atoms with Gasteiger partial charge in [-0.3, -0.25) is 9.36 Å². The Bertz CT molecular complexity index is 1270. The molecule has 7 nitrogen and oxygen atoms in total. The number of amides is 1. The second kappa shape index (κ2) is 8.30. The maximum Gasteiger partial charge on any atom is 0.256 e. The van der Waals surface area contributed by atoms with Crippen molar-refractivity contribution in [3.63, 3.8) is 0 Å². The Morgan fingerprint density at radius 3 is 2.47 bits per heavy atom. The number of benzene rings is 2. The first kappa shape index (κ1) is 20.0. The van der Waals surface area contributed by atoms with E-state index in [4.69, 9.17) is 4.74 Å². The summed E-state index contributed by atoms with van der Waals surface area (Å²) in [6, 6.07) is 14.5. The fourth-order valence-electron chi connectivity index (χ4n) is 4.12. The van der Waals surface area contributed by atoms with Crippen LogP contribution >= 0.6 is 0 Å². The molecule has 0 radical (unpaired) electrons. The maximum atomic E-state index is 14.1. The number of halogens is 1. The number of anilines is 1. The van der Waals surface area contributed by atoms with E-state index in [1.165, 1.54) is 13.2 Å². The number of ether oxygens (including phenoxy) is 1. The van der Waals surface area contributed by atoms with Crippen molar-refractivity contribution in [1.29, 1.82) is 0 Å². The van der Waals surface area contributed by atoms with Crippen LogP contribution in [0, 0.1) is 5.82 Å². The third-order valence-electron chi connectivity index (χ3n) is 5.78. The van der Waals surface area contributed by atoms with Gasteiger partial charge in [-0.25, -0.2) is 14.4 Å². The van der Waals surface area contributed by atoms with Gasteiger partial charge in [0.1, 0.15) is 0 Å². The molecule has 0 aliphatic carbocycles. The summed E-state index contributed by atoms with van der Waals surface area (Å²) in [5.41, 5.74) is 2.29. The van der Waals surface area contributed by atoms with Crippen LogP contribution in [0.1, 0.15) is 10.4 Å². The predicted molar refractivity (Wildman–Crippen MR) is 120 cm³/mol. The minimum Gasteiger partial charge on any atom is -0.494 e. The van der Waals surface area contributed by atoms with Crippen LogP contribution in [0.2, 0.25) is 0 Å². The molecule has 8 heteroatoms. The van der Waals surface area contributed by atoms with Gasteiger partial charge in [-0.15, -0.1) is 0 Å². The highest BCUT2D eigenvalue weighted by Crippen LogP contribution is 2.27. The highest BCUT2D eigenvalue weighted by atomic mass is 19.1. The summed E-state index contributed by atoms with van der Waals surface area (Å²) in [5.74, 6) is 0.325. The molecule has 0 unspecified atom stereocenters. The summed E-state index contributed by atoms with van der Waals surface area (Å²) in [7, 11) is 1.45. The lowest BCUT2D eigenvalue weighted by atomic mass is 10.1. The number of aromatic nitrogens is 3. The number of nitrogens with zero attached hydrogens (tertiary/aromatic N) is 5. The van der Waals surface area contributed by atoms with Crippen molar-refractivity contribution >= 4 is 22.5 Å². The number of piperazine rings is 1. The molecule has 1 aliphatic heterocycles. The fourth-order valence-corrected chi connectivity index (χ4v) is 4.12. The van der Waals surface area contributed by atoms with E-state index < -0.39 is 0 Å². The van der Waals surface area contributed by atoms with Gasteiger partial charge in [0.25, 0.3) is 5.91 Å². The molecule has 2 aromatic heterocycles. The van der Waals surface area contributed by atoms with Crippen LogP contribution in [0.4, 0.5) is 10.1 Å². The Kier molecular flexibility index (Phi) is 5.18. The number of fused-ring (bicyclic) bond motifs is 1. The van der Waals surface area contributed by atoms with Crippen molar-refractivity contribution < 1.29 is 13.9 Å². The van der Waals surface area contributed by atoms with Crippen LogP contribution in [0.15, 0.2) is 67.1 Å². The van der Waals surface area contributed by atoms with Crippen LogP contribution in [0.5, 0.6) is 5.75 Å². The summed E-state index contributed by atoms with van der Waals surface area (Å²) in [4.78, 5) is 26.0. The van der Waals surface area contributed by atoms with Gasteiger partial charge >= 0.3 is 0 Å². The first-order valence-electron chi connectivity index (χ1n) is 10.4. The van der Waals surface area contributed by atoms with Gasteiger partial charge in [-0.2, -0.15) is 0 Å². The molecule has 1 amide bonds. The molecule has 3 heterocycles. The molecule has 0 N–H and O–H groups in total. The van der Waals surface area contributed by atoms with Crippen molar-refractivity contribution in [1.82, 2.24) is 19.4 Å². The van der Waals surface area contributed by atoms with Crippen LogP contribution < -0.4 is 9.64 Å². The summed E-state index contributed by atoms with van der Waals surface area (Å²) in [6.07, 6.45) is 5.17. The molecule has 1 fully saturated rings. The maximum absolute atomic E-state index is 14.1. The van der Waals surface area contributed by atoms with Gasteiger partial charge < -0.3 is 14.5 Å². The van der Waals surface area contributed by atoms with E-state index in [1.54, 1.807) is 24.5 Å². The standard InChI is InChI=1S/C24H22FN5O2/c1-32-22-8-7-17(15-20(22)25)28-11-13-29(14-12-28)23(31)19-16-30(24-26-9-4-10-27-24)21-6-3-2-5-18(19)21/h2-10,15-16H,11-14H2,1H3. The largest absolute Gasteiger partial charge is 0.494 e. The topological polar surface area (TPSA) is 63.5 Å². The highest BCUT2D eigenvalue weighted by molar-refractivity contribution is 6.07. The highest BCUT2D eigenvalue weighted by Gasteiger charge is 2.26. The molecule has 0 bridgehead atoms. The number of hydrogen-bond donors (Lipinski definition) is 0. The van der Waals surface area contributed by atoms with Gasteiger partial charge in [0.15, 0.2) is 11.6 Å². The average Bonchev–Trinajstić information content (AvgIpc) is 3.24. The van der Waals surface area contributed by atoms with E-state index in [1.807, 2.05) is 46.0 Å². The van der Waals surface area contributed by atoms with Gasteiger partial charge in [-0.1, -0.05) is 18.2 Å². The monoisotopic (exact) mass is 431 g/mol. The zero-order valence-electron chi connectivity index (χ0n) is 17.6. The van der Waals surface area contributed by atoms with E-state index in [0.717, 1.165) is 16.6 Å². The minimum absolute atomic E-state index is 0.0311. The Hall–Kier alpha value is -3.94. The number of carbonyl (C=O) groups excluding carboxylic acids is 1. The van der Waals surface area contributed by atoms with E-state index in [0.29, 0.717) is 37.7 Å². The molecule has 5 rings (SSSR count). The second-order valence-electron chi connectivity index (χ2n) is 7.58. The number of carbonyl (C=O) groups is 1. The van der Waals surface area contributed by atoms with Crippen LogP contribution in [-0.2, 0) is 0 Å². The van der Waals surface area contributed by atoms with Gasteiger partial charge in [0.2, 0.25) is 5.95 Å². The van der Waals surface area contributed by atoms with Crippen LogP contribution in [0.25, 0.3) is 16.9 Å². The lowest BCUT2D eigenvalue weighted by Gasteiger charge is -2.36. The Labute approximate surface area is 184 Å². The Morgan fingerprint density at radius 2 is 1.75 bits per heavy atom. The zero-order valence-corrected chi connectivity index (χ0v) is 17.6. The number of hydrogen-bond acceptors (Lipinski definition) is 5. The summed E-state index contributed by atoms with van der Waals surface area (Å²) in [5, 5.41) is 0.865. The lowest BCUT2D eigenvalue weighted by Crippen LogP contribution is -2.48. The van der Waals surface area contributed by atoms with Crippen molar-refractivity contribution in [2.45, 2.75) is 0 Å². The third-order valence-corrected chi connectivity index (χ3v) is 5.78. The normalized spacial score (nSPS) is 14.1. The van der Waals surface area contributed by atoms with Crippen LogP contribution in [-0.4, -0.2) is 58.6 Å². The van der Waals surface area contributed by atoms with Gasteiger partial charge in [-0.05, 0) is 24.3 Å². The molecule has 1 aliphatic rings. The Balaban J connectivity index is 1.37. The SMILES string of the molecule is COc1ccc(N2CCN(C(=O)c3cn(-c4ncccn4)c4ccccc34)CC2)cc1F. The first-order valence-corrected chi connectivity index (χ1v) is 10.4. The lowest BCUT2D eigenvalue weighted by molar-refractivity contribution is 0.0748. The van der Waals surface area contributed by atoms with Crippen molar-refractivity contribution in [2.75, 3.05) is 38.2 Å². The van der Waals surface area contributed by atoms with Crippen LogP contribution in [0.3, 0.4) is 0 Å². The molecule has 2 aromatic carbocycles. The molecule has 162 valence electrons. The van der Waals surface area contributed by atoms with Crippen molar-refractivity contribution in [2.24, 2.45) is 0 Å². The summed E-state index contributed by atoms with van der Waals surface area (Å²) >= 11 is 0. The van der Waals surface area contributed by atoms with Crippen molar-refractivity contribution in [3.05, 3.63) is 78.5 Å². The molecule has 4 aromatic rings. The number of para-hydroxylation sites is 1. The first-order chi connectivity index (χ1) is 15.7. The molecule has 0 spiro atoms. The smallest absolute Gasteiger partial charge is 0.256 e. The number of methoxy groups -OCH3 is 1. The molecular formula is C24H22FN5O2. The summed E-state index contributed by atoms with van der Waals surface area (Å²) in [6.45, 7) is 2.34.